The van der Waals surface area contributed by atoms with Crippen molar-refractivity contribution < 1.29 is 33.4 Å². The smallest absolute Gasteiger partial charge is 0.337 e. The third-order valence-electron chi connectivity index (χ3n) is 6.26. The molecule has 0 aliphatic carbocycles. The van der Waals surface area contributed by atoms with Gasteiger partial charge in [-0.1, -0.05) is 12.1 Å². The Kier molecular flexibility index (Phi) is 5.64. The molecule has 5 rings (SSSR count). The van der Waals surface area contributed by atoms with Crippen molar-refractivity contribution in [3.05, 3.63) is 94.4 Å². The second-order valence-corrected chi connectivity index (χ2v) is 8.58. The Bertz CT molecular complexity index is 1340. The first kappa shape index (κ1) is 22.5. The van der Waals surface area contributed by atoms with Crippen molar-refractivity contribution in [3.63, 3.8) is 0 Å². The Balaban J connectivity index is 1.61. The molecule has 0 saturated carbocycles. The van der Waals surface area contributed by atoms with Gasteiger partial charge in [0, 0.05) is 12.0 Å². The number of benzene rings is 2. The van der Waals surface area contributed by atoms with Gasteiger partial charge in [0.2, 0.25) is 0 Å². The van der Waals surface area contributed by atoms with Gasteiger partial charge in [0.1, 0.15) is 23.4 Å². The number of carbonyl (C=O) groups excluding carboxylic acids is 3. The van der Waals surface area contributed by atoms with E-state index in [1.165, 1.54) is 18.3 Å². The Labute approximate surface area is 201 Å². The number of hydrogen-bond acceptors (Lipinski definition) is 7. The Morgan fingerprint density at radius 3 is 2.54 bits per heavy atom. The standard InChI is InChI=1S/C27H23NO7/c1-15-12-19-13-18(9-10-21(19)35-15)24(29)22-23(16-5-7-17(8-6-16)27(32)33-2)28(26(31)25(22)30)14-20-4-3-11-34-20/h3-11,13,15,23,29H,12,14H2,1-2H3/t15-,23-/m0/s1. The molecule has 2 aliphatic rings. The molecule has 2 aliphatic heterocycles. The first-order valence-corrected chi connectivity index (χ1v) is 11.2. The molecule has 178 valence electrons. The van der Waals surface area contributed by atoms with E-state index in [4.69, 9.17) is 13.9 Å². The van der Waals surface area contributed by atoms with E-state index < -0.39 is 23.7 Å². The summed E-state index contributed by atoms with van der Waals surface area (Å²) in [5, 5.41) is 11.3. The highest BCUT2D eigenvalue weighted by atomic mass is 16.5. The van der Waals surface area contributed by atoms with Crippen LogP contribution >= 0.6 is 0 Å². The first-order chi connectivity index (χ1) is 16.9. The van der Waals surface area contributed by atoms with Crippen molar-refractivity contribution in [1.29, 1.82) is 0 Å². The summed E-state index contributed by atoms with van der Waals surface area (Å²) in [5.74, 6) is -1.08. The number of amides is 1. The molecule has 1 fully saturated rings. The zero-order valence-electron chi connectivity index (χ0n) is 19.2. The summed E-state index contributed by atoms with van der Waals surface area (Å²) in [4.78, 5) is 39.6. The van der Waals surface area contributed by atoms with Gasteiger partial charge in [0.05, 0.1) is 37.1 Å². The van der Waals surface area contributed by atoms with Crippen molar-refractivity contribution in [2.24, 2.45) is 0 Å². The number of likely N-dealkylation sites (tertiary alicyclic amines) is 1. The average Bonchev–Trinajstić information content (AvgIpc) is 3.57. The zero-order valence-corrected chi connectivity index (χ0v) is 19.2. The minimum Gasteiger partial charge on any atom is -0.507 e. The third kappa shape index (κ3) is 3.97. The van der Waals surface area contributed by atoms with Crippen molar-refractivity contribution in [2.45, 2.75) is 32.0 Å². The van der Waals surface area contributed by atoms with Gasteiger partial charge in [-0.3, -0.25) is 9.59 Å². The molecule has 1 N–H and O–H groups in total. The minimum atomic E-state index is -0.879. The molecule has 1 amide bonds. The number of fused-ring (bicyclic) bond motifs is 1. The maximum atomic E-state index is 13.2. The molecule has 2 aromatic carbocycles. The number of hydrogen-bond donors (Lipinski definition) is 1. The van der Waals surface area contributed by atoms with Crippen LogP contribution in [0.5, 0.6) is 5.75 Å². The predicted octanol–water partition coefficient (Wildman–Crippen LogP) is 4.01. The van der Waals surface area contributed by atoms with Crippen molar-refractivity contribution in [1.82, 2.24) is 4.90 Å². The number of methoxy groups -OCH3 is 1. The van der Waals surface area contributed by atoms with Crippen LogP contribution in [-0.2, 0) is 27.3 Å². The number of Topliss-reactive ketones (excluding diaryl/α,β-unsaturated/α-hetero) is 1. The molecule has 8 nitrogen and oxygen atoms in total. The number of ether oxygens (including phenoxy) is 2. The van der Waals surface area contributed by atoms with Crippen LogP contribution in [-0.4, -0.2) is 40.9 Å². The molecule has 35 heavy (non-hydrogen) atoms. The largest absolute Gasteiger partial charge is 0.507 e. The van der Waals surface area contributed by atoms with Gasteiger partial charge in [-0.2, -0.15) is 0 Å². The summed E-state index contributed by atoms with van der Waals surface area (Å²) in [6, 6.07) is 14.1. The fourth-order valence-corrected chi connectivity index (χ4v) is 4.60. The van der Waals surface area contributed by atoms with E-state index in [9.17, 15) is 19.5 Å². The number of ketones is 1. The van der Waals surface area contributed by atoms with Crippen LogP contribution in [0.2, 0.25) is 0 Å². The molecular weight excluding hydrogens is 450 g/mol. The van der Waals surface area contributed by atoms with E-state index in [0.29, 0.717) is 28.9 Å². The van der Waals surface area contributed by atoms with Crippen LogP contribution in [0.3, 0.4) is 0 Å². The van der Waals surface area contributed by atoms with Crippen molar-refractivity contribution in [3.8, 4) is 5.75 Å². The van der Waals surface area contributed by atoms with Gasteiger partial charge in [0.25, 0.3) is 11.7 Å². The lowest BCUT2D eigenvalue weighted by Crippen LogP contribution is -2.29. The molecule has 1 aromatic heterocycles. The van der Waals surface area contributed by atoms with E-state index in [0.717, 1.165) is 11.3 Å². The summed E-state index contributed by atoms with van der Waals surface area (Å²) >= 11 is 0. The topological polar surface area (TPSA) is 106 Å². The lowest BCUT2D eigenvalue weighted by atomic mass is 9.94. The number of aliphatic hydroxyl groups is 1. The third-order valence-corrected chi connectivity index (χ3v) is 6.26. The molecule has 0 bridgehead atoms. The van der Waals surface area contributed by atoms with E-state index in [-0.39, 0.29) is 24.0 Å². The lowest BCUT2D eigenvalue weighted by molar-refractivity contribution is -0.140. The summed E-state index contributed by atoms with van der Waals surface area (Å²) in [5.41, 5.74) is 2.20. The summed E-state index contributed by atoms with van der Waals surface area (Å²) in [6.07, 6.45) is 2.19. The Morgan fingerprint density at radius 2 is 1.86 bits per heavy atom. The first-order valence-electron chi connectivity index (χ1n) is 11.2. The Hall–Kier alpha value is -4.33. The number of furan rings is 1. The quantitative estimate of drug-likeness (QED) is 0.258. The van der Waals surface area contributed by atoms with Gasteiger partial charge in [-0.05, 0) is 60.5 Å². The van der Waals surface area contributed by atoms with Crippen LogP contribution < -0.4 is 4.74 Å². The van der Waals surface area contributed by atoms with Crippen LogP contribution in [0.15, 0.2) is 70.9 Å². The van der Waals surface area contributed by atoms with Crippen LogP contribution in [0, 0.1) is 0 Å². The van der Waals surface area contributed by atoms with Crippen LogP contribution in [0.25, 0.3) is 5.76 Å². The van der Waals surface area contributed by atoms with Gasteiger partial charge >= 0.3 is 5.97 Å². The van der Waals surface area contributed by atoms with Crippen LogP contribution in [0.1, 0.15) is 45.8 Å². The SMILES string of the molecule is COC(=O)c1ccc([C@H]2C(=C(O)c3ccc4c(c3)C[C@H](C)O4)C(=O)C(=O)N2Cc2ccco2)cc1. The molecule has 0 radical (unpaired) electrons. The summed E-state index contributed by atoms with van der Waals surface area (Å²) < 4.78 is 15.9. The lowest BCUT2D eigenvalue weighted by Gasteiger charge is -2.24. The molecule has 0 spiro atoms. The second-order valence-electron chi connectivity index (χ2n) is 8.58. The predicted molar refractivity (Wildman–Crippen MR) is 125 cm³/mol. The summed E-state index contributed by atoms with van der Waals surface area (Å²) in [6.45, 7) is 1.99. The molecule has 3 heterocycles. The van der Waals surface area contributed by atoms with Gasteiger partial charge < -0.3 is 23.9 Å². The number of carbonyl (C=O) groups is 3. The van der Waals surface area contributed by atoms with E-state index in [1.54, 1.807) is 54.6 Å². The molecular formula is C27H23NO7. The second kappa shape index (κ2) is 8.79. The number of aliphatic hydroxyl groups excluding tert-OH is 1. The van der Waals surface area contributed by atoms with E-state index in [2.05, 4.69) is 0 Å². The average molecular weight is 473 g/mol. The molecule has 8 heteroatoms. The highest BCUT2D eigenvalue weighted by Crippen LogP contribution is 2.41. The summed E-state index contributed by atoms with van der Waals surface area (Å²) in [7, 11) is 1.29. The van der Waals surface area contributed by atoms with Gasteiger partial charge in [-0.25, -0.2) is 4.79 Å². The number of esters is 1. The van der Waals surface area contributed by atoms with E-state index in [1.807, 2.05) is 6.92 Å². The van der Waals surface area contributed by atoms with Crippen molar-refractivity contribution in [2.75, 3.05) is 7.11 Å². The number of rotatable bonds is 5. The maximum absolute atomic E-state index is 13.2. The van der Waals surface area contributed by atoms with Gasteiger partial charge in [-0.15, -0.1) is 0 Å². The zero-order chi connectivity index (χ0) is 24.7. The van der Waals surface area contributed by atoms with E-state index >= 15 is 0 Å². The fraction of sp³-hybridized carbons (Fsp3) is 0.222. The van der Waals surface area contributed by atoms with Crippen molar-refractivity contribution >= 4 is 23.4 Å². The highest BCUT2D eigenvalue weighted by molar-refractivity contribution is 6.46. The fourth-order valence-electron chi connectivity index (χ4n) is 4.60. The maximum Gasteiger partial charge on any atom is 0.337 e. The molecule has 0 unspecified atom stereocenters. The molecule has 2 atom stereocenters. The monoisotopic (exact) mass is 473 g/mol. The molecule has 3 aromatic rings. The van der Waals surface area contributed by atoms with Gasteiger partial charge in [0.15, 0.2) is 0 Å². The molecule has 1 saturated heterocycles. The normalized spacial score (nSPS) is 20.6. The van der Waals surface area contributed by atoms with Crippen LogP contribution in [0.4, 0.5) is 0 Å². The highest BCUT2D eigenvalue weighted by Gasteiger charge is 2.46. The Morgan fingerprint density at radius 1 is 1.11 bits per heavy atom. The minimum absolute atomic E-state index is 0.0228. The number of nitrogens with zero attached hydrogens (tertiary/aromatic N) is 1.